The SMILES string of the molecule is CCOC(=O)c1ccc(N=C2S[C@@H](CC(=O)Nc3ccc(C)cc3C)C(=O)N2C)cc1. The van der Waals surface area contributed by atoms with E-state index in [1.54, 1.807) is 38.2 Å². The summed E-state index contributed by atoms with van der Waals surface area (Å²) >= 11 is 1.26. The molecule has 0 aliphatic carbocycles. The fourth-order valence-electron chi connectivity index (χ4n) is 3.12. The summed E-state index contributed by atoms with van der Waals surface area (Å²) in [6, 6.07) is 12.4. The number of amidine groups is 1. The molecule has 0 saturated carbocycles. The van der Waals surface area contributed by atoms with Gasteiger partial charge >= 0.3 is 5.97 Å². The summed E-state index contributed by atoms with van der Waals surface area (Å²) in [5, 5.41) is 2.86. The number of aryl methyl sites for hydroxylation is 2. The van der Waals surface area contributed by atoms with Gasteiger partial charge in [-0.3, -0.25) is 14.5 Å². The van der Waals surface area contributed by atoms with Crippen LogP contribution in [0.15, 0.2) is 47.5 Å². The Hall–Kier alpha value is -3.13. The first-order valence-corrected chi connectivity index (χ1v) is 10.8. The van der Waals surface area contributed by atoms with Gasteiger partial charge in [-0.1, -0.05) is 29.5 Å². The lowest BCUT2D eigenvalue weighted by Gasteiger charge is -2.11. The Balaban J connectivity index is 1.65. The maximum atomic E-state index is 12.6. The number of esters is 1. The number of hydrogen-bond acceptors (Lipinski definition) is 6. The van der Waals surface area contributed by atoms with Crippen molar-refractivity contribution in [2.24, 2.45) is 4.99 Å². The second-order valence-electron chi connectivity index (χ2n) is 7.24. The highest BCUT2D eigenvalue weighted by atomic mass is 32.2. The average Bonchev–Trinajstić information content (AvgIpc) is 2.98. The predicted molar refractivity (Wildman–Crippen MR) is 123 cm³/mol. The van der Waals surface area contributed by atoms with Crippen LogP contribution in [-0.4, -0.2) is 46.8 Å². The largest absolute Gasteiger partial charge is 0.462 e. The number of anilines is 1. The van der Waals surface area contributed by atoms with Gasteiger partial charge in [-0.05, 0) is 56.7 Å². The fourth-order valence-corrected chi connectivity index (χ4v) is 4.27. The Morgan fingerprint density at radius 1 is 1.16 bits per heavy atom. The Morgan fingerprint density at radius 2 is 1.87 bits per heavy atom. The van der Waals surface area contributed by atoms with Crippen molar-refractivity contribution in [2.45, 2.75) is 32.4 Å². The van der Waals surface area contributed by atoms with E-state index in [1.807, 2.05) is 32.0 Å². The van der Waals surface area contributed by atoms with Gasteiger partial charge in [0.2, 0.25) is 11.8 Å². The van der Waals surface area contributed by atoms with Crippen LogP contribution >= 0.6 is 11.8 Å². The van der Waals surface area contributed by atoms with Crippen LogP contribution < -0.4 is 5.32 Å². The van der Waals surface area contributed by atoms with E-state index in [0.717, 1.165) is 16.8 Å². The topological polar surface area (TPSA) is 88.1 Å². The highest BCUT2D eigenvalue weighted by Crippen LogP contribution is 2.31. The number of amides is 2. The van der Waals surface area contributed by atoms with Gasteiger partial charge in [-0.2, -0.15) is 0 Å². The summed E-state index contributed by atoms with van der Waals surface area (Å²) in [6.45, 7) is 5.99. The quantitative estimate of drug-likeness (QED) is 0.686. The van der Waals surface area contributed by atoms with Gasteiger partial charge in [0.25, 0.3) is 0 Å². The summed E-state index contributed by atoms with van der Waals surface area (Å²) in [4.78, 5) is 42.8. The maximum absolute atomic E-state index is 12.6. The van der Waals surface area contributed by atoms with Crippen molar-refractivity contribution in [1.29, 1.82) is 0 Å². The van der Waals surface area contributed by atoms with Crippen LogP contribution in [0, 0.1) is 13.8 Å². The van der Waals surface area contributed by atoms with Crippen molar-refractivity contribution >= 4 is 46.1 Å². The molecule has 0 unspecified atom stereocenters. The molecule has 2 aromatic carbocycles. The second kappa shape index (κ2) is 9.78. The first-order valence-electron chi connectivity index (χ1n) is 9.95. The number of hydrogen-bond donors (Lipinski definition) is 1. The van der Waals surface area contributed by atoms with Gasteiger partial charge in [0.15, 0.2) is 5.17 Å². The minimum atomic E-state index is -0.534. The lowest BCUT2D eigenvalue weighted by molar-refractivity contribution is -0.127. The molecule has 3 rings (SSSR count). The summed E-state index contributed by atoms with van der Waals surface area (Å²) in [5.41, 5.74) is 3.89. The maximum Gasteiger partial charge on any atom is 0.338 e. The number of nitrogens with zero attached hydrogens (tertiary/aromatic N) is 2. The van der Waals surface area contributed by atoms with Crippen molar-refractivity contribution < 1.29 is 19.1 Å². The zero-order valence-corrected chi connectivity index (χ0v) is 18.8. The Kier molecular flexibility index (Phi) is 7.12. The number of aliphatic imine (C=N–C) groups is 1. The second-order valence-corrected chi connectivity index (χ2v) is 8.41. The van der Waals surface area contributed by atoms with Crippen molar-refractivity contribution in [3.8, 4) is 0 Å². The van der Waals surface area contributed by atoms with E-state index in [4.69, 9.17) is 4.74 Å². The summed E-state index contributed by atoms with van der Waals surface area (Å²) in [5.74, 6) is -0.770. The number of carbonyl (C=O) groups is 3. The zero-order valence-electron chi connectivity index (χ0n) is 18.0. The van der Waals surface area contributed by atoms with Gasteiger partial charge < -0.3 is 10.1 Å². The van der Waals surface area contributed by atoms with Crippen molar-refractivity contribution in [3.05, 3.63) is 59.2 Å². The smallest absolute Gasteiger partial charge is 0.338 e. The molecular formula is C23H25N3O4S. The molecule has 8 heteroatoms. The van der Waals surface area contributed by atoms with Gasteiger partial charge in [-0.15, -0.1) is 0 Å². The zero-order chi connectivity index (χ0) is 22.5. The molecule has 31 heavy (non-hydrogen) atoms. The molecule has 2 amide bonds. The molecule has 1 N–H and O–H groups in total. The molecule has 1 fully saturated rings. The minimum absolute atomic E-state index is 0.0575. The number of benzene rings is 2. The van der Waals surface area contributed by atoms with E-state index in [9.17, 15) is 14.4 Å². The van der Waals surface area contributed by atoms with E-state index in [1.165, 1.54) is 16.7 Å². The molecule has 7 nitrogen and oxygen atoms in total. The fraction of sp³-hybridized carbons (Fsp3) is 0.304. The molecule has 0 spiro atoms. The molecule has 2 aromatic rings. The van der Waals surface area contributed by atoms with Crippen LogP contribution in [0.4, 0.5) is 11.4 Å². The molecule has 1 aliphatic rings. The third-order valence-corrected chi connectivity index (χ3v) is 6.00. The first-order chi connectivity index (χ1) is 14.8. The van der Waals surface area contributed by atoms with Crippen molar-refractivity contribution in [1.82, 2.24) is 4.90 Å². The monoisotopic (exact) mass is 439 g/mol. The standard InChI is InChI=1S/C23H25N3O4S/c1-5-30-22(29)16-7-9-17(10-8-16)24-23-26(4)21(28)19(31-23)13-20(27)25-18-11-6-14(2)12-15(18)3/h6-12,19H,5,13H2,1-4H3,(H,25,27)/t19-/m0/s1. The molecule has 162 valence electrons. The molecule has 1 atom stereocenters. The van der Waals surface area contributed by atoms with E-state index >= 15 is 0 Å². The normalized spacial score (nSPS) is 17.2. The van der Waals surface area contributed by atoms with E-state index in [-0.39, 0.29) is 24.2 Å². The Bertz CT molecular complexity index is 1030. The first kappa shape index (κ1) is 22.6. The van der Waals surface area contributed by atoms with Gasteiger partial charge in [0.1, 0.15) is 5.25 Å². The minimum Gasteiger partial charge on any atom is -0.462 e. The van der Waals surface area contributed by atoms with E-state index in [0.29, 0.717) is 23.0 Å². The van der Waals surface area contributed by atoms with Crippen LogP contribution in [0.2, 0.25) is 0 Å². The molecule has 0 bridgehead atoms. The van der Waals surface area contributed by atoms with Crippen LogP contribution in [0.3, 0.4) is 0 Å². The van der Waals surface area contributed by atoms with E-state index in [2.05, 4.69) is 10.3 Å². The van der Waals surface area contributed by atoms with Crippen molar-refractivity contribution in [3.63, 3.8) is 0 Å². The lowest BCUT2D eigenvalue weighted by atomic mass is 10.1. The number of nitrogens with one attached hydrogen (secondary N) is 1. The molecule has 1 aliphatic heterocycles. The predicted octanol–water partition coefficient (Wildman–Crippen LogP) is 4.07. The lowest BCUT2D eigenvalue weighted by Crippen LogP contribution is -2.30. The molecule has 1 heterocycles. The summed E-state index contributed by atoms with van der Waals surface area (Å²) in [7, 11) is 1.64. The Labute approximate surface area is 185 Å². The van der Waals surface area contributed by atoms with Gasteiger partial charge in [-0.25, -0.2) is 9.79 Å². The molecular weight excluding hydrogens is 414 g/mol. The molecule has 1 saturated heterocycles. The van der Waals surface area contributed by atoms with Gasteiger partial charge in [0, 0.05) is 19.2 Å². The highest BCUT2D eigenvalue weighted by Gasteiger charge is 2.37. The van der Waals surface area contributed by atoms with Crippen LogP contribution in [0.25, 0.3) is 0 Å². The van der Waals surface area contributed by atoms with Crippen LogP contribution in [0.1, 0.15) is 34.8 Å². The third-order valence-electron chi connectivity index (χ3n) is 4.77. The summed E-state index contributed by atoms with van der Waals surface area (Å²) < 4.78 is 4.97. The number of thioether (sulfide) groups is 1. The number of carbonyl (C=O) groups excluding carboxylic acids is 3. The average molecular weight is 440 g/mol. The van der Waals surface area contributed by atoms with Crippen LogP contribution in [0.5, 0.6) is 0 Å². The van der Waals surface area contributed by atoms with Gasteiger partial charge in [0.05, 0.1) is 17.9 Å². The van der Waals surface area contributed by atoms with Crippen LogP contribution in [-0.2, 0) is 14.3 Å². The summed E-state index contributed by atoms with van der Waals surface area (Å²) in [6.07, 6.45) is 0.0575. The number of ether oxygens (including phenoxy) is 1. The third kappa shape index (κ3) is 5.52. The van der Waals surface area contributed by atoms with E-state index < -0.39 is 5.25 Å². The number of rotatable bonds is 6. The molecule has 0 radical (unpaired) electrons. The highest BCUT2D eigenvalue weighted by molar-refractivity contribution is 8.15. The van der Waals surface area contributed by atoms with Crippen molar-refractivity contribution in [2.75, 3.05) is 19.0 Å². The molecule has 0 aromatic heterocycles. The Morgan fingerprint density at radius 3 is 2.52 bits per heavy atom.